The average molecular weight is 457 g/mol. The Balaban J connectivity index is 1.19. The van der Waals surface area contributed by atoms with Crippen LogP contribution in [0.3, 0.4) is 0 Å². The van der Waals surface area contributed by atoms with Gasteiger partial charge in [0.2, 0.25) is 5.91 Å². The molecule has 1 aromatic carbocycles. The smallest absolute Gasteiger partial charge is 0.257 e. The van der Waals surface area contributed by atoms with Crippen molar-refractivity contribution in [2.75, 3.05) is 58.2 Å². The van der Waals surface area contributed by atoms with Gasteiger partial charge in [-0.3, -0.25) is 14.5 Å². The maximum atomic E-state index is 13.3. The highest BCUT2D eigenvalue weighted by Crippen LogP contribution is 2.35. The zero-order chi connectivity index (χ0) is 22.1. The van der Waals surface area contributed by atoms with Gasteiger partial charge in [0.1, 0.15) is 0 Å². The Kier molecular flexibility index (Phi) is 6.35. The number of benzene rings is 1. The summed E-state index contributed by atoms with van der Waals surface area (Å²) >= 11 is 1.49. The van der Waals surface area contributed by atoms with Crippen molar-refractivity contribution < 1.29 is 14.3 Å². The number of thiophene rings is 1. The lowest BCUT2D eigenvalue weighted by Crippen LogP contribution is -2.53. The van der Waals surface area contributed by atoms with Crippen LogP contribution in [0.1, 0.15) is 36.0 Å². The molecule has 3 fully saturated rings. The third kappa shape index (κ3) is 4.23. The molecule has 0 spiro atoms. The number of rotatable bonds is 3. The van der Waals surface area contributed by atoms with Crippen LogP contribution in [0.25, 0.3) is 10.1 Å². The molecule has 172 valence electrons. The topological polar surface area (TPSA) is 79.1 Å². The van der Waals surface area contributed by atoms with E-state index in [4.69, 9.17) is 10.5 Å². The first-order valence-electron chi connectivity index (χ1n) is 11.8. The van der Waals surface area contributed by atoms with Crippen molar-refractivity contribution in [2.24, 2.45) is 5.92 Å². The molecule has 5 rings (SSSR count). The molecular weight excluding hydrogens is 424 g/mol. The summed E-state index contributed by atoms with van der Waals surface area (Å²) in [6.07, 6.45) is 3.95. The minimum Gasteiger partial charge on any atom is -0.390 e. The number of ether oxygens (including phenoxy) is 1. The van der Waals surface area contributed by atoms with Crippen LogP contribution in [0, 0.1) is 5.92 Å². The Morgan fingerprint density at radius 1 is 0.969 bits per heavy atom. The molecule has 0 radical (unpaired) electrons. The van der Waals surface area contributed by atoms with Crippen LogP contribution in [0.4, 0.5) is 5.00 Å². The predicted octanol–water partition coefficient (Wildman–Crippen LogP) is 2.66. The molecule has 2 aromatic rings. The fraction of sp³-hybridized carbons (Fsp3) is 0.583. The molecule has 1 atom stereocenters. The molecule has 32 heavy (non-hydrogen) atoms. The molecule has 7 nitrogen and oxygen atoms in total. The first kappa shape index (κ1) is 21.7. The van der Waals surface area contributed by atoms with Crippen molar-refractivity contribution in [3.05, 3.63) is 29.8 Å². The van der Waals surface area contributed by atoms with Gasteiger partial charge < -0.3 is 20.3 Å². The van der Waals surface area contributed by atoms with Crippen molar-refractivity contribution >= 4 is 38.2 Å². The summed E-state index contributed by atoms with van der Waals surface area (Å²) in [5, 5.41) is 1.57. The van der Waals surface area contributed by atoms with Gasteiger partial charge in [-0.25, -0.2) is 0 Å². The highest BCUT2D eigenvalue weighted by molar-refractivity contribution is 7.23. The lowest BCUT2D eigenvalue weighted by molar-refractivity contribution is -0.141. The predicted molar refractivity (Wildman–Crippen MR) is 127 cm³/mol. The number of fused-ring (bicyclic) bond motifs is 1. The number of morpholine rings is 1. The second-order valence-electron chi connectivity index (χ2n) is 9.13. The third-order valence-corrected chi connectivity index (χ3v) is 8.23. The molecule has 0 saturated carbocycles. The lowest BCUT2D eigenvalue weighted by atomic mass is 9.92. The highest BCUT2D eigenvalue weighted by Gasteiger charge is 2.35. The fourth-order valence-corrected chi connectivity index (χ4v) is 6.42. The summed E-state index contributed by atoms with van der Waals surface area (Å²) in [6, 6.07) is 8.39. The van der Waals surface area contributed by atoms with Gasteiger partial charge >= 0.3 is 0 Å². The molecule has 1 unspecified atom stereocenters. The van der Waals surface area contributed by atoms with Gasteiger partial charge in [-0.1, -0.05) is 18.2 Å². The quantitative estimate of drug-likeness (QED) is 0.768. The second-order valence-corrected chi connectivity index (χ2v) is 10.2. The van der Waals surface area contributed by atoms with Crippen molar-refractivity contribution in [2.45, 2.75) is 31.7 Å². The number of carbonyl (C=O) groups is 2. The molecule has 3 aliphatic rings. The van der Waals surface area contributed by atoms with E-state index in [-0.39, 0.29) is 11.8 Å². The average Bonchev–Trinajstić information content (AvgIpc) is 3.19. The van der Waals surface area contributed by atoms with E-state index in [0.717, 1.165) is 75.0 Å². The van der Waals surface area contributed by atoms with Crippen molar-refractivity contribution in [1.82, 2.24) is 14.7 Å². The molecule has 2 N–H and O–H groups in total. The van der Waals surface area contributed by atoms with Gasteiger partial charge in [0.15, 0.2) is 0 Å². The number of anilines is 1. The van der Waals surface area contributed by atoms with E-state index in [1.807, 2.05) is 34.1 Å². The Morgan fingerprint density at radius 3 is 2.50 bits per heavy atom. The minimum absolute atomic E-state index is 0.0532. The summed E-state index contributed by atoms with van der Waals surface area (Å²) in [5.74, 6) is 0.446. The van der Waals surface area contributed by atoms with Crippen molar-refractivity contribution in [3.63, 3.8) is 0 Å². The monoisotopic (exact) mass is 456 g/mol. The van der Waals surface area contributed by atoms with Gasteiger partial charge in [-0.05, 0) is 38.3 Å². The number of amides is 2. The van der Waals surface area contributed by atoms with Gasteiger partial charge in [-0.2, -0.15) is 0 Å². The summed E-state index contributed by atoms with van der Waals surface area (Å²) < 4.78 is 6.46. The van der Waals surface area contributed by atoms with Crippen molar-refractivity contribution in [3.8, 4) is 0 Å². The SMILES string of the molecule is Nc1sc2ccccc2c1C(=O)N1CCC(N2CCCC(C(=O)N3CCOCC3)C2)CC1. The number of piperidine rings is 2. The first-order chi connectivity index (χ1) is 15.6. The van der Waals surface area contributed by atoms with E-state index in [1.165, 1.54) is 11.3 Å². The summed E-state index contributed by atoms with van der Waals surface area (Å²) in [7, 11) is 0. The van der Waals surface area contributed by atoms with Crippen molar-refractivity contribution in [1.29, 1.82) is 0 Å². The molecular formula is C24H32N4O3S. The van der Waals surface area contributed by atoms with Crippen LogP contribution in [0.5, 0.6) is 0 Å². The normalized spacial score (nSPS) is 23.6. The van der Waals surface area contributed by atoms with Gasteiger partial charge in [0, 0.05) is 48.9 Å². The number of hydrogen-bond donors (Lipinski definition) is 1. The van der Waals surface area contributed by atoms with E-state index in [0.29, 0.717) is 35.7 Å². The van der Waals surface area contributed by atoms with Crippen LogP contribution in [-0.4, -0.2) is 85.0 Å². The molecule has 1 aromatic heterocycles. The fourth-order valence-electron chi connectivity index (χ4n) is 5.46. The minimum atomic E-state index is 0.0532. The van der Waals surface area contributed by atoms with Crippen LogP contribution in [0.2, 0.25) is 0 Å². The Morgan fingerprint density at radius 2 is 1.72 bits per heavy atom. The molecule has 2 amide bonds. The maximum Gasteiger partial charge on any atom is 0.257 e. The highest BCUT2D eigenvalue weighted by atomic mass is 32.1. The van der Waals surface area contributed by atoms with E-state index >= 15 is 0 Å². The van der Waals surface area contributed by atoms with Gasteiger partial charge in [-0.15, -0.1) is 11.3 Å². The second kappa shape index (κ2) is 9.37. The largest absolute Gasteiger partial charge is 0.390 e. The summed E-state index contributed by atoms with van der Waals surface area (Å²) in [5.41, 5.74) is 6.89. The molecule has 4 heterocycles. The molecule has 0 aliphatic carbocycles. The molecule has 0 bridgehead atoms. The Hall–Kier alpha value is -2.16. The lowest BCUT2D eigenvalue weighted by Gasteiger charge is -2.43. The van der Waals surface area contributed by atoms with Crippen LogP contribution >= 0.6 is 11.3 Å². The number of nitrogens with zero attached hydrogens (tertiary/aromatic N) is 3. The van der Waals surface area contributed by atoms with Crippen LogP contribution in [0.15, 0.2) is 24.3 Å². The number of nitrogens with two attached hydrogens (primary N) is 1. The zero-order valence-corrected chi connectivity index (χ0v) is 19.3. The number of hydrogen-bond acceptors (Lipinski definition) is 6. The maximum absolute atomic E-state index is 13.3. The Labute approximate surface area is 193 Å². The van der Waals surface area contributed by atoms with Gasteiger partial charge in [0.05, 0.1) is 29.7 Å². The zero-order valence-electron chi connectivity index (χ0n) is 18.5. The van der Waals surface area contributed by atoms with Crippen LogP contribution < -0.4 is 5.73 Å². The summed E-state index contributed by atoms with van der Waals surface area (Å²) in [4.78, 5) is 32.7. The molecule has 3 aliphatic heterocycles. The first-order valence-corrected chi connectivity index (χ1v) is 12.6. The van der Waals surface area contributed by atoms with E-state index in [9.17, 15) is 9.59 Å². The van der Waals surface area contributed by atoms with E-state index in [2.05, 4.69) is 4.90 Å². The molecule has 8 heteroatoms. The van der Waals surface area contributed by atoms with E-state index in [1.54, 1.807) is 0 Å². The molecule has 3 saturated heterocycles. The number of carbonyl (C=O) groups excluding carboxylic acids is 2. The van der Waals surface area contributed by atoms with E-state index < -0.39 is 0 Å². The summed E-state index contributed by atoms with van der Waals surface area (Å²) in [6.45, 7) is 6.12. The standard InChI is InChI=1S/C24H32N4O3S/c25-22-21(19-5-1-2-6-20(19)32-22)24(30)26-10-7-18(8-11-26)28-9-3-4-17(16-28)23(29)27-12-14-31-15-13-27/h1-2,5-6,17-18H,3-4,7-16,25H2. The number of likely N-dealkylation sites (tertiary alicyclic amines) is 2. The number of nitrogen functional groups attached to an aromatic ring is 1. The van der Waals surface area contributed by atoms with Gasteiger partial charge in [0.25, 0.3) is 5.91 Å². The van der Waals surface area contributed by atoms with Crippen LogP contribution in [-0.2, 0) is 9.53 Å². The third-order valence-electron chi connectivity index (χ3n) is 7.23. The Bertz CT molecular complexity index is 979.